The molecule has 36 heavy (non-hydrogen) atoms. The van der Waals surface area contributed by atoms with Crippen LogP contribution < -0.4 is 10.6 Å². The first kappa shape index (κ1) is 25.5. The maximum absolute atomic E-state index is 13.2. The molecule has 1 aliphatic carbocycles. The van der Waals surface area contributed by atoms with Crippen molar-refractivity contribution < 1.29 is 14.7 Å². The molecule has 2 aromatic carbocycles. The van der Waals surface area contributed by atoms with Crippen LogP contribution in [0, 0.1) is 5.92 Å². The Balaban J connectivity index is 1.57. The Morgan fingerprint density at radius 3 is 2.47 bits per heavy atom. The molecule has 0 aliphatic heterocycles. The van der Waals surface area contributed by atoms with Crippen LogP contribution in [0.15, 0.2) is 54.6 Å². The van der Waals surface area contributed by atoms with Crippen molar-refractivity contribution in [3.05, 3.63) is 65.9 Å². The van der Waals surface area contributed by atoms with Gasteiger partial charge in [-0.3, -0.25) is 4.79 Å². The zero-order valence-electron chi connectivity index (χ0n) is 21.2. The first-order chi connectivity index (χ1) is 17.5. The van der Waals surface area contributed by atoms with Crippen molar-refractivity contribution in [3.8, 4) is 17.0 Å². The van der Waals surface area contributed by atoms with Crippen LogP contribution in [-0.4, -0.2) is 33.4 Å². The van der Waals surface area contributed by atoms with Crippen LogP contribution in [0.1, 0.15) is 69.5 Å². The van der Waals surface area contributed by atoms with Crippen molar-refractivity contribution in [2.24, 2.45) is 5.92 Å². The normalized spacial score (nSPS) is 13.8. The van der Waals surface area contributed by atoms with Gasteiger partial charge in [0.2, 0.25) is 5.91 Å². The second-order valence-electron chi connectivity index (χ2n) is 9.55. The number of nitrogens with one attached hydrogen (secondary N) is 2. The van der Waals surface area contributed by atoms with E-state index in [1.807, 2.05) is 50.2 Å². The van der Waals surface area contributed by atoms with Crippen LogP contribution in [0.2, 0.25) is 0 Å². The third-order valence-electron chi connectivity index (χ3n) is 7.13. The van der Waals surface area contributed by atoms with Crippen LogP contribution in [0.5, 0.6) is 5.75 Å². The van der Waals surface area contributed by atoms with E-state index in [1.165, 1.54) is 4.68 Å². The summed E-state index contributed by atoms with van der Waals surface area (Å²) in [6, 6.07) is 16.7. The molecule has 1 fully saturated rings. The van der Waals surface area contributed by atoms with Crippen LogP contribution in [-0.2, 0) is 11.2 Å². The number of anilines is 1. The highest BCUT2D eigenvalue weighted by atomic mass is 16.3. The number of amides is 2. The number of phenolic OH excluding ortho intramolecular Hbond substituents is 1. The van der Waals surface area contributed by atoms with Crippen molar-refractivity contribution in [1.29, 1.82) is 0 Å². The van der Waals surface area contributed by atoms with Gasteiger partial charge in [-0.1, -0.05) is 57.0 Å². The minimum Gasteiger partial charge on any atom is -0.507 e. The summed E-state index contributed by atoms with van der Waals surface area (Å²) in [4.78, 5) is 25.8. The van der Waals surface area contributed by atoms with E-state index in [9.17, 15) is 14.7 Å². The Morgan fingerprint density at radius 1 is 1.06 bits per heavy atom. The Morgan fingerprint density at radius 2 is 1.78 bits per heavy atom. The third-order valence-corrected chi connectivity index (χ3v) is 7.13. The predicted octanol–water partition coefficient (Wildman–Crippen LogP) is 6.09. The van der Waals surface area contributed by atoms with Crippen molar-refractivity contribution in [2.75, 3.05) is 11.9 Å². The molecule has 4 rings (SSSR count). The lowest BCUT2D eigenvalue weighted by Crippen LogP contribution is -2.32. The quantitative estimate of drug-likeness (QED) is 0.318. The van der Waals surface area contributed by atoms with E-state index >= 15 is 0 Å². The SMILES string of the molecule is CCC(CC)C(=O)Nc1ccc(O)c(-c2cc(C3CCCC3)n(C(=O)NCCc3ccccc3)n2)c1. The number of benzene rings is 2. The van der Waals surface area contributed by atoms with Gasteiger partial charge in [0.25, 0.3) is 0 Å². The largest absolute Gasteiger partial charge is 0.507 e. The minimum atomic E-state index is -0.267. The molecule has 0 spiro atoms. The average Bonchev–Trinajstić information content (AvgIpc) is 3.57. The topological polar surface area (TPSA) is 96.2 Å². The molecule has 7 nitrogen and oxygen atoms in total. The van der Waals surface area contributed by atoms with Gasteiger partial charge in [-0.05, 0) is 61.9 Å². The van der Waals surface area contributed by atoms with Crippen LogP contribution in [0.25, 0.3) is 11.3 Å². The molecule has 1 heterocycles. The summed E-state index contributed by atoms with van der Waals surface area (Å²) in [5.41, 5.74) is 3.64. The van der Waals surface area contributed by atoms with Gasteiger partial charge in [0.15, 0.2) is 0 Å². The fourth-order valence-corrected chi connectivity index (χ4v) is 4.96. The summed E-state index contributed by atoms with van der Waals surface area (Å²) in [6.45, 7) is 4.50. The number of carbonyl (C=O) groups is 2. The molecular formula is C29H36N4O3. The van der Waals surface area contributed by atoms with Gasteiger partial charge in [-0.15, -0.1) is 0 Å². The second-order valence-corrected chi connectivity index (χ2v) is 9.55. The highest BCUT2D eigenvalue weighted by Crippen LogP contribution is 2.38. The van der Waals surface area contributed by atoms with E-state index < -0.39 is 0 Å². The highest BCUT2D eigenvalue weighted by molar-refractivity contribution is 5.93. The molecule has 0 bridgehead atoms. The van der Waals surface area contributed by atoms with Gasteiger partial charge in [-0.25, -0.2) is 4.79 Å². The Hall–Kier alpha value is -3.61. The summed E-state index contributed by atoms with van der Waals surface area (Å²) in [5.74, 6) is 0.218. The maximum atomic E-state index is 13.2. The van der Waals surface area contributed by atoms with Gasteiger partial charge in [0.1, 0.15) is 5.75 Å². The smallest absolute Gasteiger partial charge is 0.342 e. The minimum absolute atomic E-state index is 0.0355. The Kier molecular flexibility index (Phi) is 8.41. The van der Waals surface area contributed by atoms with Crippen LogP contribution in [0.4, 0.5) is 10.5 Å². The molecule has 190 valence electrons. The van der Waals surface area contributed by atoms with E-state index in [0.717, 1.165) is 56.2 Å². The standard InChI is InChI=1S/C29H36N4O3/c1-3-21(4-2)28(35)31-23-14-15-27(34)24(18-23)25-19-26(22-12-8-9-13-22)33(32-25)29(36)30-17-16-20-10-6-5-7-11-20/h5-7,10-11,14-15,18-19,21-22,34H,3-4,8-9,12-13,16-17H2,1-2H3,(H,30,36)(H,31,35). The number of phenols is 1. The van der Waals surface area contributed by atoms with Crippen molar-refractivity contribution in [2.45, 2.75) is 64.7 Å². The summed E-state index contributed by atoms with van der Waals surface area (Å²) >= 11 is 0. The first-order valence-electron chi connectivity index (χ1n) is 13.1. The molecule has 2 amide bonds. The van der Waals surface area contributed by atoms with Gasteiger partial charge < -0.3 is 15.7 Å². The van der Waals surface area contributed by atoms with Gasteiger partial charge in [0.05, 0.1) is 11.4 Å². The molecule has 0 radical (unpaired) electrons. The van der Waals surface area contributed by atoms with Gasteiger partial charge in [0, 0.05) is 29.6 Å². The fraction of sp³-hybridized carbons (Fsp3) is 0.414. The molecule has 7 heteroatoms. The zero-order chi connectivity index (χ0) is 25.5. The molecule has 1 saturated carbocycles. The Labute approximate surface area is 212 Å². The van der Waals surface area contributed by atoms with E-state index in [2.05, 4.69) is 15.7 Å². The van der Waals surface area contributed by atoms with E-state index in [-0.39, 0.29) is 29.5 Å². The Bertz CT molecular complexity index is 1180. The second kappa shape index (κ2) is 11.9. The molecule has 0 saturated heterocycles. The molecule has 0 atom stereocenters. The lowest BCUT2D eigenvalue weighted by Gasteiger charge is -2.13. The van der Waals surface area contributed by atoms with E-state index in [1.54, 1.807) is 18.2 Å². The van der Waals surface area contributed by atoms with Crippen LogP contribution >= 0.6 is 0 Å². The van der Waals surface area contributed by atoms with Gasteiger partial charge >= 0.3 is 6.03 Å². The summed E-state index contributed by atoms with van der Waals surface area (Å²) in [7, 11) is 0. The summed E-state index contributed by atoms with van der Waals surface area (Å²) < 4.78 is 1.46. The number of hydrogen-bond acceptors (Lipinski definition) is 4. The monoisotopic (exact) mass is 488 g/mol. The number of aromatic hydroxyl groups is 1. The van der Waals surface area contributed by atoms with Crippen molar-refractivity contribution in [3.63, 3.8) is 0 Å². The highest BCUT2D eigenvalue weighted by Gasteiger charge is 2.26. The lowest BCUT2D eigenvalue weighted by atomic mass is 10.0. The number of aromatic nitrogens is 2. The molecule has 1 aliphatic rings. The molecular weight excluding hydrogens is 452 g/mol. The van der Waals surface area contributed by atoms with Crippen molar-refractivity contribution in [1.82, 2.24) is 15.1 Å². The lowest BCUT2D eigenvalue weighted by molar-refractivity contribution is -0.120. The fourth-order valence-electron chi connectivity index (χ4n) is 4.96. The number of hydrogen-bond donors (Lipinski definition) is 3. The molecule has 3 N–H and O–H groups in total. The summed E-state index contributed by atoms with van der Waals surface area (Å²) in [5, 5.41) is 21.2. The maximum Gasteiger partial charge on any atom is 0.342 e. The third kappa shape index (κ3) is 5.96. The number of rotatable bonds is 9. The van der Waals surface area contributed by atoms with Crippen LogP contribution in [0.3, 0.4) is 0 Å². The van der Waals surface area contributed by atoms with Gasteiger partial charge in [-0.2, -0.15) is 9.78 Å². The zero-order valence-corrected chi connectivity index (χ0v) is 21.2. The molecule has 0 unspecified atom stereocenters. The molecule has 3 aromatic rings. The van der Waals surface area contributed by atoms with E-state index in [4.69, 9.17) is 0 Å². The number of carbonyl (C=O) groups excluding carboxylic acids is 2. The predicted molar refractivity (Wildman–Crippen MR) is 142 cm³/mol. The molecule has 1 aromatic heterocycles. The summed E-state index contributed by atoms with van der Waals surface area (Å²) in [6.07, 6.45) is 6.55. The van der Waals surface area contributed by atoms with Crippen molar-refractivity contribution >= 4 is 17.6 Å². The van der Waals surface area contributed by atoms with E-state index in [0.29, 0.717) is 23.5 Å². The average molecular weight is 489 g/mol. The number of nitrogens with zero attached hydrogens (tertiary/aromatic N) is 2. The first-order valence-corrected chi connectivity index (χ1v) is 13.1.